The van der Waals surface area contributed by atoms with Gasteiger partial charge in [-0.15, -0.1) is 0 Å². The largest absolute Gasteiger partial charge is 0.452 e. The van der Waals surface area contributed by atoms with Crippen LogP contribution in [0, 0.1) is 17.1 Å². The fourth-order valence-electron chi connectivity index (χ4n) is 1.83. The van der Waals surface area contributed by atoms with E-state index in [0.717, 1.165) is 6.08 Å². The zero-order valence-electron chi connectivity index (χ0n) is 12.5. The number of para-hydroxylation sites is 1. The molecule has 0 aliphatic carbocycles. The van der Waals surface area contributed by atoms with Crippen molar-refractivity contribution < 1.29 is 18.7 Å². The van der Waals surface area contributed by atoms with Crippen LogP contribution in [0.15, 0.2) is 54.6 Å². The smallest absolute Gasteiger partial charge is 0.331 e. The number of nitriles is 1. The van der Waals surface area contributed by atoms with Gasteiger partial charge in [-0.3, -0.25) is 4.79 Å². The molecule has 0 radical (unpaired) electrons. The first-order valence-electron chi connectivity index (χ1n) is 6.98. The Morgan fingerprint density at radius 3 is 2.62 bits per heavy atom. The standard InChI is InChI=1S/C18H13FN2O3/c19-15-7-3-1-5-13(15)9-10-18(23)24-12-17(22)21-16-8-4-2-6-14(16)11-20/h1-10H,12H2,(H,21,22)/b10-9+. The fraction of sp³-hybridized carbons (Fsp3) is 0.0556. The predicted molar refractivity (Wildman–Crippen MR) is 86.2 cm³/mol. The van der Waals surface area contributed by atoms with E-state index in [1.165, 1.54) is 24.3 Å². The first-order chi connectivity index (χ1) is 11.6. The van der Waals surface area contributed by atoms with Gasteiger partial charge in [0, 0.05) is 11.6 Å². The number of carbonyl (C=O) groups is 2. The molecule has 0 saturated heterocycles. The Kier molecular flexibility index (Phi) is 5.81. The van der Waals surface area contributed by atoms with Crippen LogP contribution in [-0.4, -0.2) is 18.5 Å². The van der Waals surface area contributed by atoms with Gasteiger partial charge in [-0.05, 0) is 24.3 Å². The number of nitrogens with one attached hydrogen (secondary N) is 1. The van der Waals surface area contributed by atoms with Gasteiger partial charge < -0.3 is 10.1 Å². The maximum atomic E-state index is 13.4. The third-order valence-electron chi connectivity index (χ3n) is 2.97. The quantitative estimate of drug-likeness (QED) is 0.677. The maximum absolute atomic E-state index is 13.4. The summed E-state index contributed by atoms with van der Waals surface area (Å²) in [7, 11) is 0. The number of esters is 1. The molecule has 0 saturated carbocycles. The number of halogens is 1. The average Bonchev–Trinajstić information content (AvgIpc) is 2.59. The summed E-state index contributed by atoms with van der Waals surface area (Å²) in [6.07, 6.45) is 2.30. The van der Waals surface area contributed by atoms with Gasteiger partial charge in [-0.25, -0.2) is 9.18 Å². The van der Waals surface area contributed by atoms with Gasteiger partial charge in [0.2, 0.25) is 0 Å². The molecule has 24 heavy (non-hydrogen) atoms. The summed E-state index contributed by atoms with van der Waals surface area (Å²) in [5.74, 6) is -1.82. The van der Waals surface area contributed by atoms with Crippen molar-refractivity contribution in [1.82, 2.24) is 0 Å². The molecule has 0 aromatic heterocycles. The summed E-state index contributed by atoms with van der Waals surface area (Å²) in [5.41, 5.74) is 0.876. The second-order valence-electron chi connectivity index (χ2n) is 4.67. The van der Waals surface area contributed by atoms with Crippen LogP contribution in [0.25, 0.3) is 6.08 Å². The molecule has 0 aliphatic heterocycles. The van der Waals surface area contributed by atoms with Crippen molar-refractivity contribution in [2.45, 2.75) is 0 Å². The van der Waals surface area contributed by atoms with Gasteiger partial charge >= 0.3 is 5.97 Å². The number of benzene rings is 2. The second-order valence-corrected chi connectivity index (χ2v) is 4.67. The lowest BCUT2D eigenvalue weighted by Gasteiger charge is -2.06. The lowest BCUT2D eigenvalue weighted by Crippen LogP contribution is -2.20. The number of amides is 1. The molecule has 1 amide bonds. The molecule has 6 heteroatoms. The van der Waals surface area contributed by atoms with E-state index in [4.69, 9.17) is 10.00 Å². The number of nitrogens with zero attached hydrogens (tertiary/aromatic N) is 1. The van der Waals surface area contributed by atoms with Crippen LogP contribution in [0.1, 0.15) is 11.1 Å². The predicted octanol–water partition coefficient (Wildman–Crippen LogP) is 2.89. The zero-order valence-corrected chi connectivity index (χ0v) is 12.5. The van der Waals surface area contributed by atoms with E-state index in [1.807, 2.05) is 6.07 Å². The lowest BCUT2D eigenvalue weighted by molar-refractivity contribution is -0.142. The summed E-state index contributed by atoms with van der Waals surface area (Å²) < 4.78 is 18.1. The molecule has 0 atom stereocenters. The first kappa shape index (κ1) is 16.9. The molecule has 0 spiro atoms. The van der Waals surface area contributed by atoms with E-state index in [9.17, 15) is 14.0 Å². The van der Waals surface area contributed by atoms with Crippen molar-refractivity contribution in [3.63, 3.8) is 0 Å². The van der Waals surface area contributed by atoms with Crippen LogP contribution < -0.4 is 5.32 Å². The summed E-state index contributed by atoms with van der Waals surface area (Å²) >= 11 is 0. The van der Waals surface area contributed by atoms with Crippen molar-refractivity contribution in [2.24, 2.45) is 0 Å². The molecule has 1 N–H and O–H groups in total. The Morgan fingerprint density at radius 1 is 1.17 bits per heavy atom. The Labute approximate surface area is 138 Å². The van der Waals surface area contributed by atoms with Gasteiger partial charge in [-0.2, -0.15) is 5.26 Å². The van der Waals surface area contributed by atoms with Crippen LogP contribution in [0.4, 0.5) is 10.1 Å². The van der Waals surface area contributed by atoms with Gasteiger partial charge in [-0.1, -0.05) is 30.3 Å². The van der Waals surface area contributed by atoms with Crippen LogP contribution in [0.5, 0.6) is 0 Å². The van der Waals surface area contributed by atoms with Crippen molar-refractivity contribution in [3.8, 4) is 6.07 Å². The van der Waals surface area contributed by atoms with Gasteiger partial charge in [0.05, 0.1) is 11.3 Å². The number of rotatable bonds is 5. The normalized spacial score (nSPS) is 10.2. The summed E-state index contributed by atoms with van der Waals surface area (Å²) in [6.45, 7) is -0.514. The number of hydrogen-bond acceptors (Lipinski definition) is 4. The van der Waals surface area contributed by atoms with E-state index in [1.54, 1.807) is 30.3 Å². The van der Waals surface area contributed by atoms with Gasteiger partial charge in [0.15, 0.2) is 6.61 Å². The number of carbonyl (C=O) groups excluding carboxylic acids is 2. The van der Waals surface area contributed by atoms with Crippen LogP contribution in [0.3, 0.4) is 0 Å². The Hall–Kier alpha value is -3.46. The number of hydrogen-bond donors (Lipinski definition) is 1. The van der Waals surface area contributed by atoms with Crippen LogP contribution in [0.2, 0.25) is 0 Å². The molecule has 0 fully saturated rings. The molecule has 0 unspecified atom stereocenters. The fourth-order valence-corrected chi connectivity index (χ4v) is 1.83. The molecule has 120 valence electrons. The second kappa shape index (κ2) is 8.25. The Balaban J connectivity index is 1.87. The average molecular weight is 324 g/mol. The number of anilines is 1. The van der Waals surface area contributed by atoms with Gasteiger partial charge in [0.1, 0.15) is 11.9 Å². The SMILES string of the molecule is N#Cc1ccccc1NC(=O)COC(=O)/C=C/c1ccccc1F. The van der Waals surface area contributed by atoms with E-state index in [2.05, 4.69) is 5.32 Å². The van der Waals surface area contributed by atoms with E-state index >= 15 is 0 Å². The molecule has 2 aromatic carbocycles. The third kappa shape index (κ3) is 4.78. The summed E-state index contributed by atoms with van der Waals surface area (Å²) in [6, 6.07) is 14.3. The number of ether oxygens (including phenoxy) is 1. The molecule has 2 rings (SSSR count). The third-order valence-corrected chi connectivity index (χ3v) is 2.97. The maximum Gasteiger partial charge on any atom is 0.331 e. The van der Waals surface area contributed by atoms with Crippen LogP contribution >= 0.6 is 0 Å². The lowest BCUT2D eigenvalue weighted by atomic mass is 10.2. The molecule has 2 aromatic rings. The minimum absolute atomic E-state index is 0.238. The monoisotopic (exact) mass is 324 g/mol. The summed E-state index contributed by atoms with van der Waals surface area (Å²) in [5, 5.41) is 11.4. The molecule has 5 nitrogen and oxygen atoms in total. The van der Waals surface area contributed by atoms with Crippen molar-refractivity contribution in [2.75, 3.05) is 11.9 Å². The van der Waals surface area contributed by atoms with E-state index in [-0.39, 0.29) is 5.56 Å². The van der Waals surface area contributed by atoms with Crippen molar-refractivity contribution in [1.29, 1.82) is 5.26 Å². The highest BCUT2D eigenvalue weighted by atomic mass is 19.1. The molecular weight excluding hydrogens is 311 g/mol. The van der Waals surface area contributed by atoms with Crippen molar-refractivity contribution in [3.05, 3.63) is 71.6 Å². The van der Waals surface area contributed by atoms with Crippen molar-refractivity contribution >= 4 is 23.6 Å². The minimum atomic E-state index is -0.776. The first-order valence-corrected chi connectivity index (χ1v) is 6.98. The zero-order chi connectivity index (χ0) is 17.4. The Bertz CT molecular complexity index is 825. The highest BCUT2D eigenvalue weighted by Gasteiger charge is 2.08. The molecule has 0 aliphatic rings. The topological polar surface area (TPSA) is 79.2 Å². The van der Waals surface area contributed by atoms with Gasteiger partial charge in [0.25, 0.3) is 5.91 Å². The molecule has 0 bridgehead atoms. The minimum Gasteiger partial charge on any atom is -0.452 e. The van der Waals surface area contributed by atoms with E-state index in [0.29, 0.717) is 11.3 Å². The van der Waals surface area contributed by atoms with E-state index < -0.39 is 24.3 Å². The van der Waals surface area contributed by atoms with Crippen LogP contribution in [-0.2, 0) is 14.3 Å². The summed E-state index contributed by atoms with van der Waals surface area (Å²) in [4.78, 5) is 23.3. The molecular formula is C18H13FN2O3. The molecule has 0 heterocycles. The highest BCUT2D eigenvalue weighted by molar-refractivity contribution is 5.95. The Morgan fingerprint density at radius 2 is 1.88 bits per heavy atom. The highest BCUT2D eigenvalue weighted by Crippen LogP contribution is 2.13.